The van der Waals surface area contributed by atoms with Crippen LogP contribution in [0.2, 0.25) is 0 Å². The number of pyridine rings is 1. The number of aryl methyl sites for hydroxylation is 1. The van der Waals surface area contributed by atoms with Gasteiger partial charge in [0.15, 0.2) is 5.65 Å². The zero-order valence-corrected chi connectivity index (χ0v) is 19.1. The van der Waals surface area contributed by atoms with Gasteiger partial charge in [0.2, 0.25) is 10.0 Å². The Bertz CT molecular complexity index is 1210. The molecule has 2 N–H and O–H groups in total. The maximum Gasteiger partial charge on any atom is 0.329 e. The molecule has 31 heavy (non-hydrogen) atoms. The van der Waals surface area contributed by atoms with Crippen LogP contribution in [-0.2, 0) is 16.6 Å². The van der Waals surface area contributed by atoms with Crippen LogP contribution in [0, 0.1) is 0 Å². The predicted octanol–water partition coefficient (Wildman–Crippen LogP) is 0.772. The fourth-order valence-corrected chi connectivity index (χ4v) is 4.74. The average molecular weight is 452 g/mol. The van der Waals surface area contributed by atoms with Gasteiger partial charge in [-0.25, -0.2) is 22.5 Å². The van der Waals surface area contributed by atoms with E-state index in [0.717, 1.165) is 6.26 Å². The summed E-state index contributed by atoms with van der Waals surface area (Å²) in [6, 6.07) is 1.21. The van der Waals surface area contributed by atoms with E-state index in [1.165, 1.54) is 8.87 Å². The van der Waals surface area contributed by atoms with Crippen molar-refractivity contribution in [1.82, 2.24) is 24.2 Å². The largest absolute Gasteiger partial charge is 0.348 e. The fraction of sp³-hybridized carbons (Fsp3) is 0.600. The molecule has 1 fully saturated rings. The molecule has 10 nitrogen and oxygen atoms in total. The first-order chi connectivity index (χ1) is 14.5. The van der Waals surface area contributed by atoms with E-state index >= 15 is 0 Å². The molecule has 1 atom stereocenters. The number of fused-ring (bicyclic) bond motifs is 1. The van der Waals surface area contributed by atoms with Gasteiger partial charge in [-0.3, -0.25) is 19.1 Å². The van der Waals surface area contributed by atoms with Crippen molar-refractivity contribution in [2.75, 3.05) is 19.3 Å². The number of nitrogens with zero attached hydrogens (tertiary/aromatic N) is 3. The lowest BCUT2D eigenvalue weighted by Gasteiger charge is -2.31. The van der Waals surface area contributed by atoms with Crippen molar-refractivity contribution >= 4 is 27.0 Å². The highest BCUT2D eigenvalue weighted by Crippen LogP contribution is 2.21. The van der Waals surface area contributed by atoms with Crippen molar-refractivity contribution < 1.29 is 13.2 Å². The van der Waals surface area contributed by atoms with Crippen molar-refractivity contribution in [1.29, 1.82) is 0 Å². The summed E-state index contributed by atoms with van der Waals surface area (Å²) in [5.74, 6) is -0.516. The molecular weight excluding hydrogens is 422 g/mol. The Hall–Kier alpha value is -2.53. The third-order valence-corrected chi connectivity index (χ3v) is 6.71. The van der Waals surface area contributed by atoms with Gasteiger partial charge in [0.25, 0.3) is 11.5 Å². The minimum atomic E-state index is -3.36. The van der Waals surface area contributed by atoms with Crippen LogP contribution >= 0.6 is 0 Å². The number of aromatic nitrogens is 3. The number of piperidine rings is 1. The molecule has 11 heteroatoms. The third-order valence-electron chi connectivity index (χ3n) is 5.44. The van der Waals surface area contributed by atoms with E-state index in [2.05, 4.69) is 15.3 Å². The number of hydrogen-bond acceptors (Lipinski definition) is 6. The van der Waals surface area contributed by atoms with Crippen molar-refractivity contribution in [3.05, 3.63) is 38.2 Å². The number of H-pyrrole nitrogens is 1. The second kappa shape index (κ2) is 8.91. The van der Waals surface area contributed by atoms with Crippen LogP contribution in [0.15, 0.2) is 15.7 Å². The van der Waals surface area contributed by atoms with Gasteiger partial charge >= 0.3 is 5.69 Å². The highest BCUT2D eigenvalue weighted by Gasteiger charge is 2.28. The number of amides is 1. The summed E-state index contributed by atoms with van der Waals surface area (Å²) < 4.78 is 26.5. The van der Waals surface area contributed by atoms with Gasteiger partial charge in [-0.05, 0) is 31.2 Å². The molecule has 3 heterocycles. The van der Waals surface area contributed by atoms with Crippen molar-refractivity contribution in [3.8, 4) is 0 Å². The number of carbonyl (C=O) groups is 1. The molecule has 0 aromatic carbocycles. The van der Waals surface area contributed by atoms with E-state index in [-0.39, 0.29) is 35.1 Å². The summed E-state index contributed by atoms with van der Waals surface area (Å²) in [4.78, 5) is 45.0. The van der Waals surface area contributed by atoms with E-state index in [1.54, 1.807) is 6.07 Å². The van der Waals surface area contributed by atoms with Crippen molar-refractivity contribution in [2.45, 2.75) is 58.5 Å². The van der Waals surface area contributed by atoms with Crippen LogP contribution in [0.1, 0.15) is 62.0 Å². The first-order valence-corrected chi connectivity index (χ1v) is 12.3. The smallest absolute Gasteiger partial charge is 0.329 e. The Balaban J connectivity index is 2.08. The number of sulfonamides is 1. The molecule has 0 bridgehead atoms. The number of nitrogens with one attached hydrogen (secondary N) is 2. The van der Waals surface area contributed by atoms with Crippen LogP contribution < -0.4 is 16.6 Å². The predicted molar refractivity (Wildman–Crippen MR) is 118 cm³/mol. The highest BCUT2D eigenvalue weighted by molar-refractivity contribution is 7.88. The van der Waals surface area contributed by atoms with Gasteiger partial charge in [-0.1, -0.05) is 20.8 Å². The fourth-order valence-electron chi connectivity index (χ4n) is 3.82. The molecule has 0 spiro atoms. The summed E-state index contributed by atoms with van der Waals surface area (Å²) in [5, 5.41) is 2.94. The first-order valence-electron chi connectivity index (χ1n) is 10.5. The Morgan fingerprint density at radius 2 is 2.06 bits per heavy atom. The molecule has 1 unspecified atom stereocenters. The van der Waals surface area contributed by atoms with Gasteiger partial charge < -0.3 is 5.32 Å². The SMILES string of the molecule is CCCn1c(=O)[nH]c(=O)c2c(C(=O)NC3CCCN(S(C)(=O)=O)C3)cc(C(C)C)nc21. The summed E-state index contributed by atoms with van der Waals surface area (Å²) in [6.45, 7) is 6.69. The summed E-state index contributed by atoms with van der Waals surface area (Å²) in [7, 11) is -3.36. The van der Waals surface area contributed by atoms with Gasteiger partial charge in [0, 0.05) is 31.4 Å². The molecule has 2 aromatic heterocycles. The monoisotopic (exact) mass is 451 g/mol. The highest BCUT2D eigenvalue weighted by atomic mass is 32.2. The summed E-state index contributed by atoms with van der Waals surface area (Å²) >= 11 is 0. The second-order valence-electron chi connectivity index (χ2n) is 8.29. The number of carbonyl (C=O) groups excluding carboxylic acids is 1. The van der Waals surface area contributed by atoms with E-state index in [0.29, 0.717) is 38.0 Å². The van der Waals surface area contributed by atoms with Crippen LogP contribution in [-0.4, -0.2) is 58.6 Å². The second-order valence-corrected chi connectivity index (χ2v) is 10.3. The number of hydrogen-bond donors (Lipinski definition) is 2. The van der Waals surface area contributed by atoms with Crippen molar-refractivity contribution in [2.24, 2.45) is 0 Å². The van der Waals surface area contributed by atoms with E-state index in [9.17, 15) is 22.8 Å². The topological polar surface area (TPSA) is 134 Å². The lowest BCUT2D eigenvalue weighted by atomic mass is 10.0. The van der Waals surface area contributed by atoms with Crippen LogP contribution in [0.5, 0.6) is 0 Å². The Morgan fingerprint density at radius 1 is 1.35 bits per heavy atom. The molecule has 0 aliphatic carbocycles. The molecule has 3 rings (SSSR count). The lowest BCUT2D eigenvalue weighted by molar-refractivity contribution is 0.0923. The average Bonchev–Trinajstić information content (AvgIpc) is 2.69. The molecule has 1 aliphatic rings. The van der Waals surface area contributed by atoms with E-state index < -0.39 is 27.2 Å². The van der Waals surface area contributed by atoms with Gasteiger partial charge in [-0.2, -0.15) is 0 Å². The zero-order chi connectivity index (χ0) is 22.9. The summed E-state index contributed by atoms with van der Waals surface area (Å²) in [6.07, 6.45) is 3.06. The van der Waals surface area contributed by atoms with Crippen LogP contribution in [0.3, 0.4) is 0 Å². The molecule has 170 valence electrons. The van der Waals surface area contributed by atoms with Crippen molar-refractivity contribution in [3.63, 3.8) is 0 Å². The lowest BCUT2D eigenvalue weighted by Crippen LogP contribution is -2.49. The molecule has 1 saturated heterocycles. The Kier molecular flexibility index (Phi) is 6.65. The standard InChI is InChI=1S/C20H29N5O5S/c1-5-8-25-17-16(19(27)23-20(25)28)14(10-15(22-17)12(2)3)18(26)21-13-7-6-9-24(11-13)31(4,29)30/h10,12-13H,5-9,11H2,1-4H3,(H,21,26)(H,23,27,28). The van der Waals surface area contributed by atoms with E-state index in [4.69, 9.17) is 0 Å². The zero-order valence-electron chi connectivity index (χ0n) is 18.3. The molecule has 1 aliphatic heterocycles. The first kappa shape index (κ1) is 23.1. The third kappa shape index (κ3) is 4.87. The van der Waals surface area contributed by atoms with Gasteiger partial charge in [0.05, 0.1) is 17.2 Å². The van der Waals surface area contributed by atoms with Gasteiger partial charge in [-0.15, -0.1) is 0 Å². The maximum absolute atomic E-state index is 13.2. The molecule has 2 aromatic rings. The van der Waals surface area contributed by atoms with Crippen LogP contribution in [0.4, 0.5) is 0 Å². The molecular formula is C20H29N5O5S. The van der Waals surface area contributed by atoms with Crippen LogP contribution in [0.25, 0.3) is 11.0 Å². The summed E-state index contributed by atoms with van der Waals surface area (Å²) in [5.41, 5.74) is -0.310. The van der Waals surface area contributed by atoms with Gasteiger partial charge in [0.1, 0.15) is 0 Å². The number of aromatic amines is 1. The Morgan fingerprint density at radius 3 is 2.68 bits per heavy atom. The molecule has 0 saturated carbocycles. The minimum absolute atomic E-state index is 0.0316. The molecule has 1 amide bonds. The quantitative estimate of drug-likeness (QED) is 0.666. The normalized spacial score (nSPS) is 17.9. The minimum Gasteiger partial charge on any atom is -0.348 e. The van der Waals surface area contributed by atoms with E-state index in [1.807, 2.05) is 20.8 Å². The maximum atomic E-state index is 13.2. The number of rotatable bonds is 6. The molecule has 0 radical (unpaired) electrons. The Labute approximate surface area is 180 Å².